The van der Waals surface area contributed by atoms with Gasteiger partial charge in [-0.25, -0.2) is 0 Å². The van der Waals surface area contributed by atoms with E-state index in [-0.39, 0.29) is 5.91 Å². The predicted octanol–water partition coefficient (Wildman–Crippen LogP) is 3.75. The van der Waals surface area contributed by atoms with E-state index in [1.165, 1.54) is 5.56 Å². The van der Waals surface area contributed by atoms with Crippen molar-refractivity contribution in [2.75, 3.05) is 12.4 Å². The van der Waals surface area contributed by atoms with Crippen LogP contribution in [0.1, 0.15) is 23.6 Å². The number of benzene rings is 2. The number of nitrogens with one attached hydrogen (secondary N) is 1. The van der Waals surface area contributed by atoms with E-state index in [2.05, 4.69) is 24.4 Å². The zero-order chi connectivity index (χ0) is 15.2. The highest BCUT2D eigenvalue weighted by Crippen LogP contribution is 2.25. The molecule has 110 valence electrons. The normalized spacial score (nSPS) is 10.2. The van der Waals surface area contributed by atoms with Gasteiger partial charge in [-0.1, -0.05) is 37.3 Å². The summed E-state index contributed by atoms with van der Waals surface area (Å²) in [7, 11) is 1.60. The maximum absolute atomic E-state index is 12.1. The average molecular weight is 283 g/mol. The van der Waals surface area contributed by atoms with Crippen molar-refractivity contribution in [3.63, 3.8) is 0 Å². The third kappa shape index (κ3) is 4.09. The summed E-state index contributed by atoms with van der Waals surface area (Å²) in [4.78, 5) is 12.1. The molecule has 0 aliphatic rings. The van der Waals surface area contributed by atoms with E-state index in [4.69, 9.17) is 4.74 Å². The lowest BCUT2D eigenvalue weighted by Gasteiger charge is -2.11. The van der Waals surface area contributed by atoms with Crippen molar-refractivity contribution >= 4 is 11.6 Å². The molecule has 0 atom stereocenters. The maximum Gasteiger partial charge on any atom is 0.228 e. The smallest absolute Gasteiger partial charge is 0.228 e. The van der Waals surface area contributed by atoms with E-state index >= 15 is 0 Å². The van der Waals surface area contributed by atoms with Gasteiger partial charge in [0.2, 0.25) is 5.91 Å². The molecule has 0 unspecified atom stereocenters. The highest BCUT2D eigenvalue weighted by molar-refractivity contribution is 5.93. The predicted molar refractivity (Wildman–Crippen MR) is 85.9 cm³/mol. The Morgan fingerprint density at radius 3 is 2.38 bits per heavy atom. The Bertz CT molecular complexity index is 618. The van der Waals surface area contributed by atoms with Crippen molar-refractivity contribution in [2.24, 2.45) is 0 Å². The van der Waals surface area contributed by atoms with Gasteiger partial charge in [-0.3, -0.25) is 4.79 Å². The largest absolute Gasteiger partial charge is 0.495 e. The van der Waals surface area contributed by atoms with E-state index in [9.17, 15) is 4.79 Å². The lowest BCUT2D eigenvalue weighted by atomic mass is 10.1. The highest BCUT2D eigenvalue weighted by Gasteiger charge is 2.08. The fourth-order valence-corrected chi connectivity index (χ4v) is 2.19. The molecule has 1 amide bonds. The number of rotatable bonds is 5. The molecule has 0 heterocycles. The van der Waals surface area contributed by atoms with E-state index < -0.39 is 0 Å². The number of amides is 1. The number of carbonyl (C=O) groups is 1. The molecule has 2 aromatic carbocycles. The zero-order valence-corrected chi connectivity index (χ0v) is 12.8. The first-order valence-electron chi connectivity index (χ1n) is 7.14. The number of methoxy groups -OCH3 is 1. The van der Waals surface area contributed by atoms with Gasteiger partial charge in [-0.2, -0.15) is 0 Å². The molecule has 1 N–H and O–H groups in total. The van der Waals surface area contributed by atoms with Crippen LogP contribution in [0.2, 0.25) is 0 Å². The second-order valence-corrected chi connectivity index (χ2v) is 5.10. The molecule has 0 fully saturated rings. The molecule has 2 rings (SSSR count). The Kier molecular flexibility index (Phi) is 4.99. The second kappa shape index (κ2) is 6.93. The molecule has 0 spiro atoms. The first-order chi connectivity index (χ1) is 10.1. The number of carbonyl (C=O) groups excluding carboxylic acids is 1. The summed E-state index contributed by atoms with van der Waals surface area (Å²) in [6, 6.07) is 13.9. The summed E-state index contributed by atoms with van der Waals surface area (Å²) in [6.07, 6.45) is 1.37. The number of hydrogen-bond donors (Lipinski definition) is 1. The van der Waals surface area contributed by atoms with Crippen LogP contribution in [-0.4, -0.2) is 13.0 Å². The fraction of sp³-hybridized carbons (Fsp3) is 0.278. The van der Waals surface area contributed by atoms with Crippen LogP contribution in [0.5, 0.6) is 5.75 Å². The van der Waals surface area contributed by atoms with Crippen LogP contribution >= 0.6 is 0 Å². The molecule has 0 aliphatic carbocycles. The lowest BCUT2D eigenvalue weighted by Crippen LogP contribution is -2.15. The third-order valence-corrected chi connectivity index (χ3v) is 3.42. The lowest BCUT2D eigenvalue weighted by molar-refractivity contribution is -0.115. The van der Waals surface area contributed by atoms with Crippen molar-refractivity contribution in [3.8, 4) is 5.75 Å². The first-order valence-corrected chi connectivity index (χ1v) is 7.14. The fourth-order valence-electron chi connectivity index (χ4n) is 2.19. The number of aryl methyl sites for hydroxylation is 2. The van der Waals surface area contributed by atoms with Crippen LogP contribution < -0.4 is 10.1 Å². The van der Waals surface area contributed by atoms with E-state index in [1.807, 2.05) is 37.3 Å². The van der Waals surface area contributed by atoms with Gasteiger partial charge in [0.25, 0.3) is 0 Å². The Balaban J connectivity index is 2.05. The minimum Gasteiger partial charge on any atom is -0.495 e. The van der Waals surface area contributed by atoms with Gasteiger partial charge in [0.1, 0.15) is 5.75 Å². The quantitative estimate of drug-likeness (QED) is 0.907. The number of ether oxygens (including phenoxy) is 1. The number of anilines is 1. The van der Waals surface area contributed by atoms with Crippen molar-refractivity contribution in [2.45, 2.75) is 26.7 Å². The summed E-state index contributed by atoms with van der Waals surface area (Å²) in [5.74, 6) is 0.637. The summed E-state index contributed by atoms with van der Waals surface area (Å²) in [6.45, 7) is 4.10. The molecule has 3 nitrogen and oxygen atoms in total. The van der Waals surface area contributed by atoms with Gasteiger partial charge in [-0.15, -0.1) is 0 Å². The monoisotopic (exact) mass is 283 g/mol. The molecule has 0 bridgehead atoms. The van der Waals surface area contributed by atoms with Gasteiger partial charge in [-0.05, 0) is 42.2 Å². The molecule has 0 saturated carbocycles. The Hall–Kier alpha value is -2.29. The van der Waals surface area contributed by atoms with Gasteiger partial charge in [0, 0.05) is 0 Å². The average Bonchev–Trinajstić information content (AvgIpc) is 2.48. The van der Waals surface area contributed by atoms with Crippen LogP contribution in [0, 0.1) is 6.92 Å². The van der Waals surface area contributed by atoms with Crippen molar-refractivity contribution in [1.29, 1.82) is 0 Å². The van der Waals surface area contributed by atoms with Gasteiger partial charge in [0.15, 0.2) is 0 Å². The third-order valence-electron chi connectivity index (χ3n) is 3.42. The summed E-state index contributed by atoms with van der Waals surface area (Å²) in [5, 5.41) is 2.92. The summed E-state index contributed by atoms with van der Waals surface area (Å²) in [5.41, 5.74) is 4.09. The van der Waals surface area contributed by atoms with Crippen molar-refractivity contribution in [1.82, 2.24) is 0 Å². The standard InChI is InChI=1S/C18H21NO2/c1-4-14-6-8-15(9-7-14)12-18(20)19-16-11-13(2)5-10-17(16)21-3/h5-11H,4,12H2,1-3H3,(H,19,20). The molecule has 0 radical (unpaired) electrons. The molecular weight excluding hydrogens is 262 g/mol. The maximum atomic E-state index is 12.1. The minimum atomic E-state index is -0.0388. The van der Waals surface area contributed by atoms with Gasteiger partial charge >= 0.3 is 0 Å². The van der Waals surface area contributed by atoms with E-state index in [0.717, 1.165) is 17.5 Å². The SMILES string of the molecule is CCc1ccc(CC(=O)Nc2cc(C)ccc2OC)cc1. The molecule has 3 heteroatoms. The Labute approximate surface area is 126 Å². The van der Waals surface area contributed by atoms with Gasteiger partial charge in [0.05, 0.1) is 19.2 Å². The number of hydrogen-bond acceptors (Lipinski definition) is 2. The molecule has 21 heavy (non-hydrogen) atoms. The van der Waals surface area contributed by atoms with E-state index in [0.29, 0.717) is 17.9 Å². The van der Waals surface area contributed by atoms with E-state index in [1.54, 1.807) is 7.11 Å². The highest BCUT2D eigenvalue weighted by atomic mass is 16.5. The van der Waals surface area contributed by atoms with Crippen LogP contribution in [0.25, 0.3) is 0 Å². The molecule has 0 saturated heterocycles. The molecule has 2 aromatic rings. The van der Waals surface area contributed by atoms with Crippen LogP contribution in [0.15, 0.2) is 42.5 Å². The zero-order valence-electron chi connectivity index (χ0n) is 12.8. The van der Waals surface area contributed by atoms with Crippen LogP contribution in [-0.2, 0) is 17.6 Å². The topological polar surface area (TPSA) is 38.3 Å². The van der Waals surface area contributed by atoms with Gasteiger partial charge < -0.3 is 10.1 Å². The second-order valence-electron chi connectivity index (χ2n) is 5.10. The Morgan fingerprint density at radius 2 is 1.76 bits per heavy atom. The van der Waals surface area contributed by atoms with Crippen LogP contribution in [0.4, 0.5) is 5.69 Å². The van der Waals surface area contributed by atoms with Crippen LogP contribution in [0.3, 0.4) is 0 Å². The summed E-state index contributed by atoms with van der Waals surface area (Å²) >= 11 is 0. The molecular formula is C18H21NO2. The summed E-state index contributed by atoms with van der Waals surface area (Å²) < 4.78 is 5.27. The van der Waals surface area contributed by atoms with Crippen molar-refractivity contribution in [3.05, 3.63) is 59.2 Å². The first kappa shape index (κ1) is 15.1. The Morgan fingerprint density at radius 1 is 1.10 bits per heavy atom. The van der Waals surface area contributed by atoms with Crippen molar-refractivity contribution < 1.29 is 9.53 Å². The molecule has 0 aromatic heterocycles. The minimum absolute atomic E-state index is 0.0388. The molecule has 0 aliphatic heterocycles.